The van der Waals surface area contributed by atoms with Crippen molar-refractivity contribution < 1.29 is 13.2 Å². The van der Waals surface area contributed by atoms with Gasteiger partial charge in [0.05, 0.1) is 4.90 Å². The number of anilines is 2. The van der Waals surface area contributed by atoms with Gasteiger partial charge < -0.3 is 10.2 Å². The van der Waals surface area contributed by atoms with E-state index in [1.165, 1.54) is 24.9 Å². The lowest BCUT2D eigenvalue weighted by Crippen LogP contribution is -2.29. The second-order valence-corrected chi connectivity index (χ2v) is 8.87. The quantitative estimate of drug-likeness (QED) is 0.746. The molecule has 2 aromatic carbocycles. The highest BCUT2D eigenvalue weighted by Gasteiger charge is 2.14. The Morgan fingerprint density at radius 2 is 1.61 bits per heavy atom. The Balaban J connectivity index is 1.47. The minimum absolute atomic E-state index is 0.0495. The van der Waals surface area contributed by atoms with Crippen molar-refractivity contribution in [3.05, 3.63) is 54.1 Å². The van der Waals surface area contributed by atoms with Crippen molar-refractivity contribution in [2.24, 2.45) is 0 Å². The highest BCUT2D eigenvalue weighted by atomic mass is 32.2. The topological polar surface area (TPSA) is 78.5 Å². The smallest absolute Gasteiger partial charge is 0.240 e. The number of hydrogen-bond donors (Lipinski definition) is 2. The molecule has 0 radical (unpaired) electrons. The maximum absolute atomic E-state index is 12.2. The Morgan fingerprint density at radius 3 is 2.25 bits per heavy atom. The van der Waals surface area contributed by atoms with Crippen molar-refractivity contribution in [2.45, 2.75) is 37.5 Å². The summed E-state index contributed by atoms with van der Waals surface area (Å²) < 4.78 is 26.9. The maximum Gasteiger partial charge on any atom is 0.240 e. The van der Waals surface area contributed by atoms with Crippen LogP contribution in [0.25, 0.3) is 0 Å². The molecule has 2 N–H and O–H groups in total. The number of nitrogens with zero attached hydrogens (tertiary/aromatic N) is 1. The Bertz CT molecular complexity index is 887. The van der Waals surface area contributed by atoms with E-state index in [0.717, 1.165) is 18.7 Å². The van der Waals surface area contributed by atoms with Gasteiger partial charge in [-0.3, -0.25) is 4.79 Å². The van der Waals surface area contributed by atoms with E-state index in [9.17, 15) is 13.2 Å². The van der Waals surface area contributed by atoms with Crippen molar-refractivity contribution in [1.82, 2.24) is 4.72 Å². The average molecular weight is 402 g/mol. The van der Waals surface area contributed by atoms with Gasteiger partial charge in [0.25, 0.3) is 0 Å². The van der Waals surface area contributed by atoms with Crippen LogP contribution in [0.3, 0.4) is 0 Å². The van der Waals surface area contributed by atoms with Crippen molar-refractivity contribution in [1.29, 1.82) is 0 Å². The lowest BCUT2D eigenvalue weighted by atomic mass is 10.1. The molecule has 1 saturated heterocycles. The summed E-state index contributed by atoms with van der Waals surface area (Å²) in [6.45, 7) is 4.10. The third kappa shape index (κ3) is 5.56. The van der Waals surface area contributed by atoms with E-state index in [-0.39, 0.29) is 23.8 Å². The highest BCUT2D eigenvalue weighted by Crippen LogP contribution is 2.21. The Labute approximate surface area is 167 Å². The van der Waals surface area contributed by atoms with Crippen LogP contribution in [0, 0.1) is 6.92 Å². The summed E-state index contributed by atoms with van der Waals surface area (Å²) in [4.78, 5) is 14.7. The molecule has 0 aliphatic carbocycles. The molecule has 0 bridgehead atoms. The molecule has 0 aromatic heterocycles. The third-order valence-corrected chi connectivity index (χ3v) is 6.32. The molecule has 0 spiro atoms. The summed E-state index contributed by atoms with van der Waals surface area (Å²) in [5.74, 6) is -0.225. The Kier molecular flexibility index (Phi) is 6.70. The fourth-order valence-corrected chi connectivity index (χ4v) is 4.26. The van der Waals surface area contributed by atoms with Gasteiger partial charge in [0.2, 0.25) is 15.9 Å². The summed E-state index contributed by atoms with van der Waals surface area (Å²) >= 11 is 0. The average Bonchev–Trinajstić information content (AvgIpc) is 2.69. The first-order valence-electron chi connectivity index (χ1n) is 9.65. The van der Waals surface area contributed by atoms with Crippen molar-refractivity contribution in [3.8, 4) is 0 Å². The zero-order valence-corrected chi connectivity index (χ0v) is 17.0. The minimum Gasteiger partial charge on any atom is -0.372 e. The molecule has 1 aliphatic heterocycles. The zero-order valence-electron chi connectivity index (χ0n) is 16.1. The maximum atomic E-state index is 12.2. The monoisotopic (exact) mass is 401 g/mol. The molecule has 0 atom stereocenters. The molecule has 2 aromatic rings. The van der Waals surface area contributed by atoms with E-state index in [1.807, 2.05) is 31.2 Å². The van der Waals surface area contributed by atoms with Crippen molar-refractivity contribution in [3.63, 3.8) is 0 Å². The van der Waals surface area contributed by atoms with Crippen LogP contribution in [-0.4, -0.2) is 34.0 Å². The number of piperidine rings is 1. The predicted octanol–water partition coefficient (Wildman–Crippen LogP) is 3.29. The van der Waals surface area contributed by atoms with E-state index in [0.29, 0.717) is 5.69 Å². The van der Waals surface area contributed by atoms with Gasteiger partial charge in [-0.05, 0) is 62.6 Å². The van der Waals surface area contributed by atoms with Crippen molar-refractivity contribution >= 4 is 27.3 Å². The fraction of sp³-hybridized carbons (Fsp3) is 0.381. The molecule has 3 rings (SSSR count). The molecule has 1 amide bonds. The molecule has 1 heterocycles. The molecule has 28 heavy (non-hydrogen) atoms. The van der Waals surface area contributed by atoms with Gasteiger partial charge in [0.1, 0.15) is 0 Å². The number of amides is 1. The molecule has 1 fully saturated rings. The molecule has 0 saturated carbocycles. The predicted molar refractivity (Wildman–Crippen MR) is 112 cm³/mol. The first kappa shape index (κ1) is 20.4. The third-order valence-electron chi connectivity index (χ3n) is 4.85. The normalized spacial score (nSPS) is 14.7. The van der Waals surface area contributed by atoms with Crippen LogP contribution in [-0.2, 0) is 14.8 Å². The van der Waals surface area contributed by atoms with E-state index in [1.54, 1.807) is 24.3 Å². The Morgan fingerprint density at radius 1 is 0.964 bits per heavy atom. The van der Waals surface area contributed by atoms with Gasteiger partial charge in [0.15, 0.2) is 0 Å². The number of nitrogens with one attached hydrogen (secondary N) is 2. The summed E-state index contributed by atoms with van der Waals surface area (Å²) in [5.41, 5.74) is 2.88. The molecule has 0 unspecified atom stereocenters. The van der Waals surface area contributed by atoms with Crippen molar-refractivity contribution in [2.75, 3.05) is 29.9 Å². The van der Waals surface area contributed by atoms with Crippen LogP contribution in [0.4, 0.5) is 11.4 Å². The molecular formula is C21H27N3O3S. The Hall–Kier alpha value is -2.38. The van der Waals surface area contributed by atoms with E-state index in [4.69, 9.17) is 0 Å². The van der Waals surface area contributed by atoms with E-state index in [2.05, 4.69) is 14.9 Å². The summed E-state index contributed by atoms with van der Waals surface area (Å²) in [6.07, 6.45) is 3.80. The fourth-order valence-electron chi connectivity index (χ4n) is 3.23. The second kappa shape index (κ2) is 9.21. The summed E-state index contributed by atoms with van der Waals surface area (Å²) in [5, 5.41) is 2.81. The number of carbonyl (C=O) groups excluding carboxylic acids is 1. The van der Waals surface area contributed by atoms with E-state index < -0.39 is 10.0 Å². The molecule has 1 aliphatic rings. The van der Waals surface area contributed by atoms with Gasteiger partial charge in [-0.2, -0.15) is 0 Å². The first-order valence-corrected chi connectivity index (χ1v) is 11.1. The highest BCUT2D eigenvalue weighted by molar-refractivity contribution is 7.89. The van der Waals surface area contributed by atoms with Crippen LogP contribution >= 0.6 is 0 Å². The lowest BCUT2D eigenvalue weighted by molar-refractivity contribution is -0.116. The van der Waals surface area contributed by atoms with Crippen LogP contribution in [0.15, 0.2) is 53.4 Å². The van der Waals surface area contributed by atoms with Gasteiger partial charge in [-0.25, -0.2) is 13.1 Å². The SMILES string of the molecule is Cc1ccc(S(=O)(=O)NCCC(=O)Nc2ccc(N3CCCCC3)cc2)cc1. The number of hydrogen-bond acceptors (Lipinski definition) is 4. The van der Waals surface area contributed by atoms with Crippen LogP contribution in [0.5, 0.6) is 0 Å². The number of rotatable bonds is 7. The standard InChI is InChI=1S/C21H27N3O3S/c1-17-5-11-20(12-6-17)28(26,27)22-14-13-21(25)23-18-7-9-19(10-8-18)24-15-3-2-4-16-24/h5-12,22H,2-4,13-16H2,1H3,(H,23,25). The molecule has 150 valence electrons. The number of benzene rings is 2. The second-order valence-electron chi connectivity index (χ2n) is 7.10. The van der Waals surface area contributed by atoms with Crippen LogP contribution in [0.1, 0.15) is 31.2 Å². The first-order chi connectivity index (χ1) is 13.4. The molecular weight excluding hydrogens is 374 g/mol. The van der Waals surface area contributed by atoms with Gasteiger partial charge in [-0.15, -0.1) is 0 Å². The van der Waals surface area contributed by atoms with Gasteiger partial charge >= 0.3 is 0 Å². The molecule has 7 heteroatoms. The number of aryl methyl sites for hydroxylation is 1. The van der Waals surface area contributed by atoms with Gasteiger partial charge in [0, 0.05) is 37.4 Å². The lowest BCUT2D eigenvalue weighted by Gasteiger charge is -2.28. The summed E-state index contributed by atoms with van der Waals surface area (Å²) in [7, 11) is -3.60. The van der Waals surface area contributed by atoms with Gasteiger partial charge in [-0.1, -0.05) is 17.7 Å². The summed E-state index contributed by atoms with van der Waals surface area (Å²) in [6, 6.07) is 14.4. The van der Waals surface area contributed by atoms with E-state index >= 15 is 0 Å². The van der Waals surface area contributed by atoms with Crippen LogP contribution in [0.2, 0.25) is 0 Å². The number of sulfonamides is 1. The zero-order chi connectivity index (χ0) is 20.0. The van der Waals surface area contributed by atoms with Crippen LogP contribution < -0.4 is 14.9 Å². The largest absolute Gasteiger partial charge is 0.372 e. The molecule has 6 nitrogen and oxygen atoms in total. The number of carbonyl (C=O) groups is 1. The minimum atomic E-state index is -3.60.